The van der Waals surface area contributed by atoms with Gasteiger partial charge in [0.1, 0.15) is 18.5 Å². The number of hydrogen-bond donors (Lipinski definition) is 1. The number of hydrogen-bond acceptors (Lipinski definition) is 3. The molecule has 0 unspecified atom stereocenters. The molecule has 5 nitrogen and oxygen atoms in total. The first-order valence-electron chi connectivity index (χ1n) is 5.53. The van der Waals surface area contributed by atoms with Crippen molar-refractivity contribution in [3.63, 3.8) is 0 Å². The second-order valence-corrected chi connectivity index (χ2v) is 3.94. The van der Waals surface area contributed by atoms with Crippen LogP contribution >= 0.6 is 0 Å². The summed E-state index contributed by atoms with van der Waals surface area (Å²) in [7, 11) is 0. The molecular formula is C12H13FN4O. The van der Waals surface area contributed by atoms with Crippen LogP contribution in [0.3, 0.4) is 0 Å². The van der Waals surface area contributed by atoms with Crippen LogP contribution in [-0.2, 0) is 11.3 Å². The summed E-state index contributed by atoms with van der Waals surface area (Å²) in [4.78, 5) is 15.4. The molecule has 6 heteroatoms. The number of benzene rings is 1. The summed E-state index contributed by atoms with van der Waals surface area (Å²) in [5.74, 6) is -0.690. The molecule has 18 heavy (non-hydrogen) atoms. The van der Waals surface area contributed by atoms with E-state index in [2.05, 4.69) is 15.4 Å². The summed E-state index contributed by atoms with van der Waals surface area (Å²) in [5.41, 5.74) is 1.10. The van der Waals surface area contributed by atoms with Gasteiger partial charge in [0.15, 0.2) is 0 Å². The van der Waals surface area contributed by atoms with Crippen molar-refractivity contribution < 1.29 is 9.18 Å². The Bertz CT molecular complexity index is 539. The van der Waals surface area contributed by atoms with E-state index in [1.165, 1.54) is 18.7 Å². The Labute approximate surface area is 104 Å². The Morgan fingerprint density at radius 3 is 3.06 bits per heavy atom. The minimum atomic E-state index is -0.435. The molecule has 0 aliphatic heterocycles. The molecule has 1 N–H and O–H groups in total. The third-order valence-corrected chi connectivity index (χ3v) is 2.43. The van der Waals surface area contributed by atoms with Crippen molar-refractivity contribution in [3.05, 3.63) is 42.2 Å². The van der Waals surface area contributed by atoms with Gasteiger partial charge < -0.3 is 5.32 Å². The van der Waals surface area contributed by atoms with Gasteiger partial charge in [0.2, 0.25) is 5.91 Å². The predicted molar refractivity (Wildman–Crippen MR) is 64.4 cm³/mol. The molecule has 94 valence electrons. The minimum Gasteiger partial charge on any atom is -0.324 e. The minimum absolute atomic E-state index is 0.207. The van der Waals surface area contributed by atoms with E-state index in [1.54, 1.807) is 16.8 Å². The van der Waals surface area contributed by atoms with Crippen LogP contribution < -0.4 is 5.32 Å². The zero-order valence-electron chi connectivity index (χ0n) is 9.93. The van der Waals surface area contributed by atoms with Crippen LogP contribution in [0.2, 0.25) is 0 Å². The molecule has 0 atom stereocenters. The molecule has 0 saturated heterocycles. The van der Waals surface area contributed by atoms with Gasteiger partial charge >= 0.3 is 0 Å². The monoisotopic (exact) mass is 248 g/mol. The number of anilines is 1. The molecule has 0 aliphatic carbocycles. The van der Waals surface area contributed by atoms with Gasteiger partial charge in [-0.3, -0.25) is 9.48 Å². The van der Waals surface area contributed by atoms with Crippen LogP contribution in [0, 0.1) is 12.7 Å². The van der Waals surface area contributed by atoms with Gasteiger partial charge in [-0.15, -0.1) is 0 Å². The fourth-order valence-corrected chi connectivity index (χ4v) is 1.51. The summed E-state index contributed by atoms with van der Waals surface area (Å²) in [6.07, 6.45) is 3.15. The zero-order valence-corrected chi connectivity index (χ0v) is 9.93. The predicted octanol–water partition coefficient (Wildman–Crippen LogP) is 1.75. The number of nitrogens with zero attached hydrogens (tertiary/aromatic N) is 3. The maximum absolute atomic E-state index is 13.4. The molecule has 0 fully saturated rings. The lowest BCUT2D eigenvalue weighted by atomic mass is 10.2. The van der Waals surface area contributed by atoms with Crippen molar-refractivity contribution in [2.45, 2.75) is 19.9 Å². The van der Waals surface area contributed by atoms with Gasteiger partial charge in [-0.2, -0.15) is 5.10 Å². The molecule has 1 heterocycles. The molecule has 0 bridgehead atoms. The topological polar surface area (TPSA) is 59.8 Å². The number of carbonyl (C=O) groups is 1. The lowest BCUT2D eigenvalue weighted by molar-refractivity contribution is -0.116. The van der Waals surface area contributed by atoms with E-state index in [4.69, 9.17) is 0 Å². The Morgan fingerprint density at radius 2 is 2.33 bits per heavy atom. The normalized spacial score (nSPS) is 10.3. The number of amides is 1. The smallest absolute Gasteiger partial charge is 0.226 e. The average Bonchev–Trinajstić information content (AvgIpc) is 2.84. The van der Waals surface area contributed by atoms with Crippen LogP contribution in [0.4, 0.5) is 10.1 Å². The molecule has 1 aromatic carbocycles. The fraction of sp³-hybridized carbons (Fsp3) is 0.250. The highest BCUT2D eigenvalue weighted by Gasteiger charge is 2.07. The first-order valence-corrected chi connectivity index (χ1v) is 5.53. The van der Waals surface area contributed by atoms with Crippen molar-refractivity contribution in [2.75, 3.05) is 5.32 Å². The lowest BCUT2D eigenvalue weighted by Gasteiger charge is -2.07. The van der Waals surface area contributed by atoms with E-state index >= 15 is 0 Å². The Morgan fingerprint density at radius 1 is 1.50 bits per heavy atom. The average molecular weight is 248 g/mol. The summed E-state index contributed by atoms with van der Waals surface area (Å²) in [5, 5.41) is 6.42. The van der Waals surface area contributed by atoms with Gasteiger partial charge in [-0.1, -0.05) is 6.07 Å². The van der Waals surface area contributed by atoms with E-state index < -0.39 is 5.82 Å². The van der Waals surface area contributed by atoms with Gasteiger partial charge in [-0.25, -0.2) is 9.37 Å². The summed E-state index contributed by atoms with van der Waals surface area (Å²) in [6, 6.07) is 4.59. The summed E-state index contributed by atoms with van der Waals surface area (Å²) in [6.45, 7) is 2.25. The van der Waals surface area contributed by atoms with Crippen molar-refractivity contribution in [1.82, 2.24) is 14.8 Å². The second kappa shape index (κ2) is 5.39. The standard InChI is InChI=1S/C12H13FN4O/c1-9-2-3-10(13)11(6-9)16-12(18)4-5-17-8-14-7-15-17/h2-3,6-8H,4-5H2,1H3,(H,16,18). The summed E-state index contributed by atoms with van der Waals surface area (Å²) >= 11 is 0. The van der Waals surface area contributed by atoms with Crippen LogP contribution in [0.15, 0.2) is 30.9 Å². The Hall–Kier alpha value is -2.24. The van der Waals surface area contributed by atoms with Crippen molar-refractivity contribution in [3.8, 4) is 0 Å². The third-order valence-electron chi connectivity index (χ3n) is 2.43. The van der Waals surface area contributed by atoms with Gasteiger partial charge in [-0.05, 0) is 24.6 Å². The van der Waals surface area contributed by atoms with E-state index in [9.17, 15) is 9.18 Å². The molecule has 2 rings (SSSR count). The largest absolute Gasteiger partial charge is 0.324 e. The highest BCUT2D eigenvalue weighted by Crippen LogP contribution is 2.15. The SMILES string of the molecule is Cc1ccc(F)c(NC(=O)CCn2cncn2)c1. The number of aryl methyl sites for hydroxylation is 2. The van der Waals surface area contributed by atoms with Crippen LogP contribution in [0.1, 0.15) is 12.0 Å². The molecular weight excluding hydrogens is 235 g/mol. The van der Waals surface area contributed by atoms with Crippen molar-refractivity contribution in [2.24, 2.45) is 0 Å². The Balaban J connectivity index is 1.92. The van der Waals surface area contributed by atoms with Crippen molar-refractivity contribution in [1.29, 1.82) is 0 Å². The number of rotatable bonds is 4. The Kier molecular flexibility index (Phi) is 3.66. The number of halogens is 1. The van der Waals surface area contributed by atoms with Crippen LogP contribution in [0.5, 0.6) is 0 Å². The van der Waals surface area contributed by atoms with Gasteiger partial charge in [0, 0.05) is 6.42 Å². The van der Waals surface area contributed by atoms with E-state index in [1.807, 2.05) is 6.92 Å². The number of carbonyl (C=O) groups excluding carboxylic acids is 1. The quantitative estimate of drug-likeness (QED) is 0.896. The zero-order chi connectivity index (χ0) is 13.0. The molecule has 0 radical (unpaired) electrons. The fourth-order valence-electron chi connectivity index (χ4n) is 1.51. The molecule has 1 amide bonds. The maximum Gasteiger partial charge on any atom is 0.226 e. The van der Waals surface area contributed by atoms with Crippen LogP contribution in [0.25, 0.3) is 0 Å². The summed E-state index contributed by atoms with van der Waals surface area (Å²) < 4.78 is 14.9. The van der Waals surface area contributed by atoms with Gasteiger partial charge in [0.25, 0.3) is 0 Å². The van der Waals surface area contributed by atoms with E-state index in [0.717, 1.165) is 5.56 Å². The highest BCUT2D eigenvalue weighted by atomic mass is 19.1. The van der Waals surface area contributed by atoms with E-state index in [0.29, 0.717) is 6.54 Å². The molecule has 0 aliphatic rings. The highest BCUT2D eigenvalue weighted by molar-refractivity contribution is 5.90. The molecule has 2 aromatic rings. The number of nitrogens with one attached hydrogen (secondary N) is 1. The maximum atomic E-state index is 13.4. The molecule has 0 spiro atoms. The first-order chi connectivity index (χ1) is 8.65. The molecule has 0 saturated carbocycles. The first kappa shape index (κ1) is 12.2. The van der Waals surface area contributed by atoms with Gasteiger partial charge in [0.05, 0.1) is 12.2 Å². The third kappa shape index (κ3) is 3.13. The molecule has 1 aromatic heterocycles. The number of aromatic nitrogens is 3. The van der Waals surface area contributed by atoms with E-state index in [-0.39, 0.29) is 18.0 Å². The van der Waals surface area contributed by atoms with Crippen molar-refractivity contribution >= 4 is 11.6 Å². The van der Waals surface area contributed by atoms with Crippen LogP contribution in [-0.4, -0.2) is 20.7 Å². The second-order valence-electron chi connectivity index (χ2n) is 3.94. The lowest BCUT2D eigenvalue weighted by Crippen LogP contribution is -2.15.